The number of benzene rings is 2. The molecule has 0 saturated heterocycles. The standard InChI is InChI=1S/C16H16FIN2O/c1-11(20-14-7-4-6-13(18)9-14)16(21)19-10-12-5-2-3-8-15(12)17/h2-9,11,20H,10H2,1H3,(H,19,21). The molecule has 0 saturated carbocycles. The van der Waals surface area contributed by atoms with E-state index in [1.165, 1.54) is 6.07 Å². The summed E-state index contributed by atoms with van der Waals surface area (Å²) in [6, 6.07) is 13.8. The van der Waals surface area contributed by atoms with Gasteiger partial charge in [0.25, 0.3) is 0 Å². The molecular formula is C16H16FIN2O. The van der Waals surface area contributed by atoms with Crippen LogP contribution >= 0.6 is 22.6 Å². The number of nitrogens with one attached hydrogen (secondary N) is 2. The fourth-order valence-electron chi connectivity index (χ4n) is 1.87. The van der Waals surface area contributed by atoms with E-state index in [0.717, 1.165) is 9.26 Å². The third-order valence-corrected chi connectivity index (χ3v) is 3.68. The summed E-state index contributed by atoms with van der Waals surface area (Å²) >= 11 is 2.22. The van der Waals surface area contributed by atoms with Gasteiger partial charge in [-0.15, -0.1) is 0 Å². The number of hydrogen-bond donors (Lipinski definition) is 2. The van der Waals surface area contributed by atoms with Crippen LogP contribution < -0.4 is 10.6 Å². The van der Waals surface area contributed by atoms with E-state index >= 15 is 0 Å². The van der Waals surface area contributed by atoms with Gasteiger partial charge in [0.15, 0.2) is 0 Å². The second-order valence-electron chi connectivity index (χ2n) is 4.69. The van der Waals surface area contributed by atoms with Crippen molar-refractivity contribution in [2.45, 2.75) is 19.5 Å². The topological polar surface area (TPSA) is 41.1 Å². The molecule has 21 heavy (non-hydrogen) atoms. The van der Waals surface area contributed by atoms with Crippen molar-refractivity contribution in [3.05, 3.63) is 63.5 Å². The second-order valence-corrected chi connectivity index (χ2v) is 5.93. The minimum atomic E-state index is -0.394. The average molecular weight is 398 g/mol. The molecule has 0 aliphatic rings. The first-order chi connectivity index (χ1) is 10.1. The summed E-state index contributed by atoms with van der Waals surface area (Å²) in [5.74, 6) is -0.479. The number of rotatable bonds is 5. The van der Waals surface area contributed by atoms with Crippen LogP contribution in [0.2, 0.25) is 0 Å². The maximum absolute atomic E-state index is 13.5. The van der Waals surface area contributed by atoms with Crippen LogP contribution in [-0.2, 0) is 11.3 Å². The first kappa shape index (κ1) is 15.8. The molecule has 1 unspecified atom stereocenters. The van der Waals surface area contributed by atoms with Gasteiger partial charge in [-0.05, 0) is 53.8 Å². The van der Waals surface area contributed by atoms with E-state index < -0.39 is 6.04 Å². The molecule has 2 N–H and O–H groups in total. The van der Waals surface area contributed by atoms with Crippen LogP contribution in [0.15, 0.2) is 48.5 Å². The highest BCUT2D eigenvalue weighted by atomic mass is 127. The molecule has 0 spiro atoms. The first-order valence-corrected chi connectivity index (χ1v) is 7.67. The SMILES string of the molecule is CC(Nc1cccc(I)c1)C(=O)NCc1ccccc1F. The summed E-state index contributed by atoms with van der Waals surface area (Å²) in [4.78, 5) is 12.0. The van der Waals surface area contributed by atoms with E-state index in [4.69, 9.17) is 0 Å². The number of carbonyl (C=O) groups excluding carboxylic acids is 1. The van der Waals surface area contributed by atoms with Crippen molar-refractivity contribution in [2.24, 2.45) is 0 Å². The Kier molecular flexibility index (Phi) is 5.55. The average Bonchev–Trinajstić information content (AvgIpc) is 2.46. The Morgan fingerprint density at radius 3 is 2.71 bits per heavy atom. The Labute approximate surface area is 137 Å². The zero-order valence-electron chi connectivity index (χ0n) is 11.6. The van der Waals surface area contributed by atoms with E-state index in [9.17, 15) is 9.18 Å². The van der Waals surface area contributed by atoms with Gasteiger partial charge in [-0.2, -0.15) is 0 Å². The Bertz CT molecular complexity index is 633. The van der Waals surface area contributed by atoms with Crippen LogP contribution in [0.3, 0.4) is 0 Å². The van der Waals surface area contributed by atoms with Gasteiger partial charge < -0.3 is 10.6 Å². The highest BCUT2D eigenvalue weighted by molar-refractivity contribution is 14.1. The summed E-state index contributed by atoms with van der Waals surface area (Å²) in [7, 11) is 0. The highest BCUT2D eigenvalue weighted by Crippen LogP contribution is 2.13. The van der Waals surface area contributed by atoms with E-state index in [0.29, 0.717) is 5.56 Å². The number of halogens is 2. The normalized spacial score (nSPS) is 11.8. The maximum Gasteiger partial charge on any atom is 0.242 e. The number of hydrogen-bond acceptors (Lipinski definition) is 2. The fourth-order valence-corrected chi connectivity index (χ4v) is 2.41. The summed E-state index contributed by atoms with van der Waals surface area (Å²) in [6.45, 7) is 1.96. The van der Waals surface area contributed by atoms with Crippen molar-refractivity contribution in [2.75, 3.05) is 5.32 Å². The van der Waals surface area contributed by atoms with Crippen LogP contribution in [0.5, 0.6) is 0 Å². The van der Waals surface area contributed by atoms with E-state index in [1.54, 1.807) is 25.1 Å². The minimum absolute atomic E-state index is 0.169. The smallest absolute Gasteiger partial charge is 0.242 e. The van der Waals surface area contributed by atoms with Crippen LogP contribution in [0.25, 0.3) is 0 Å². The lowest BCUT2D eigenvalue weighted by molar-refractivity contribution is -0.121. The fraction of sp³-hybridized carbons (Fsp3) is 0.188. The van der Waals surface area contributed by atoms with Gasteiger partial charge in [0, 0.05) is 21.4 Å². The Hall–Kier alpha value is -1.63. The van der Waals surface area contributed by atoms with Crippen LogP contribution in [0, 0.1) is 9.39 Å². The molecule has 2 rings (SSSR count). The Morgan fingerprint density at radius 2 is 2.00 bits per heavy atom. The summed E-state index contributed by atoms with van der Waals surface area (Å²) < 4.78 is 14.6. The van der Waals surface area contributed by atoms with E-state index in [-0.39, 0.29) is 18.3 Å². The molecule has 0 radical (unpaired) electrons. The van der Waals surface area contributed by atoms with E-state index in [2.05, 4.69) is 33.2 Å². The van der Waals surface area contributed by atoms with Crippen molar-refractivity contribution in [1.82, 2.24) is 5.32 Å². The highest BCUT2D eigenvalue weighted by Gasteiger charge is 2.13. The van der Waals surface area contributed by atoms with Gasteiger partial charge in [-0.25, -0.2) is 4.39 Å². The predicted octanol–water partition coefficient (Wildman–Crippen LogP) is 3.55. The molecule has 3 nitrogen and oxygen atoms in total. The molecule has 1 atom stereocenters. The van der Waals surface area contributed by atoms with Gasteiger partial charge in [-0.3, -0.25) is 4.79 Å². The molecule has 0 heterocycles. The van der Waals surface area contributed by atoms with Crippen molar-refractivity contribution >= 4 is 34.2 Å². The summed E-state index contributed by atoms with van der Waals surface area (Å²) in [6.07, 6.45) is 0. The molecule has 0 aliphatic carbocycles. The predicted molar refractivity (Wildman–Crippen MR) is 90.5 cm³/mol. The van der Waals surface area contributed by atoms with Gasteiger partial charge in [0.2, 0.25) is 5.91 Å². The Morgan fingerprint density at radius 1 is 1.24 bits per heavy atom. The zero-order chi connectivity index (χ0) is 15.2. The monoisotopic (exact) mass is 398 g/mol. The van der Waals surface area contributed by atoms with Crippen molar-refractivity contribution in [1.29, 1.82) is 0 Å². The molecule has 0 aliphatic heterocycles. The molecule has 0 bridgehead atoms. The van der Waals surface area contributed by atoms with Crippen LogP contribution in [0.4, 0.5) is 10.1 Å². The quantitative estimate of drug-likeness (QED) is 0.757. The lowest BCUT2D eigenvalue weighted by Gasteiger charge is -2.15. The Balaban J connectivity index is 1.90. The molecule has 0 aromatic heterocycles. The molecular weight excluding hydrogens is 382 g/mol. The molecule has 1 amide bonds. The van der Waals surface area contributed by atoms with Crippen molar-refractivity contribution in [3.63, 3.8) is 0 Å². The minimum Gasteiger partial charge on any atom is -0.374 e. The largest absolute Gasteiger partial charge is 0.374 e. The van der Waals surface area contributed by atoms with Gasteiger partial charge >= 0.3 is 0 Å². The van der Waals surface area contributed by atoms with Crippen molar-refractivity contribution in [3.8, 4) is 0 Å². The first-order valence-electron chi connectivity index (χ1n) is 6.59. The molecule has 2 aromatic rings. The zero-order valence-corrected chi connectivity index (χ0v) is 13.7. The van der Waals surface area contributed by atoms with Crippen LogP contribution in [-0.4, -0.2) is 11.9 Å². The van der Waals surface area contributed by atoms with Gasteiger partial charge in [0.05, 0.1) is 0 Å². The second kappa shape index (κ2) is 7.40. The van der Waals surface area contributed by atoms with Crippen molar-refractivity contribution < 1.29 is 9.18 Å². The summed E-state index contributed by atoms with van der Waals surface area (Å²) in [5.41, 5.74) is 1.36. The third kappa shape index (κ3) is 4.70. The number of carbonyl (C=O) groups is 1. The van der Waals surface area contributed by atoms with Crippen LogP contribution in [0.1, 0.15) is 12.5 Å². The maximum atomic E-state index is 13.5. The molecule has 110 valence electrons. The molecule has 5 heteroatoms. The van der Waals surface area contributed by atoms with E-state index in [1.807, 2.05) is 24.3 Å². The van der Waals surface area contributed by atoms with Gasteiger partial charge in [-0.1, -0.05) is 24.3 Å². The molecule has 0 fully saturated rings. The summed E-state index contributed by atoms with van der Waals surface area (Å²) in [5, 5.41) is 5.85. The third-order valence-electron chi connectivity index (χ3n) is 3.01. The van der Waals surface area contributed by atoms with Gasteiger partial charge in [0.1, 0.15) is 11.9 Å². The number of anilines is 1. The number of amides is 1. The molecule has 2 aromatic carbocycles. The lowest BCUT2D eigenvalue weighted by atomic mass is 10.2. The lowest BCUT2D eigenvalue weighted by Crippen LogP contribution is -2.37.